The van der Waals surface area contributed by atoms with Crippen molar-refractivity contribution < 1.29 is 53.5 Å². The molecule has 6 nitrogen and oxygen atoms in total. The first kappa shape index (κ1) is 19.5. The van der Waals surface area contributed by atoms with E-state index in [1.807, 2.05) is 30.3 Å². The minimum atomic E-state index is -4.45. The van der Waals surface area contributed by atoms with Crippen molar-refractivity contribution in [3.8, 4) is 0 Å². The van der Waals surface area contributed by atoms with E-state index >= 15 is 0 Å². The molecule has 1 N–H and O–H groups in total. The molecule has 0 fully saturated rings. The predicted octanol–water partition coefficient (Wildman–Crippen LogP) is -1.97. The molecule has 0 radical (unpaired) electrons. The zero-order valence-electron chi connectivity index (χ0n) is 11.4. The van der Waals surface area contributed by atoms with E-state index in [9.17, 15) is 14.3 Å². The van der Waals surface area contributed by atoms with Crippen LogP contribution in [0.2, 0.25) is 0 Å². The van der Waals surface area contributed by atoms with E-state index in [1.54, 1.807) is 0 Å². The van der Waals surface area contributed by atoms with Crippen LogP contribution >= 0.6 is 7.60 Å². The molecule has 1 aromatic rings. The van der Waals surface area contributed by atoms with E-state index in [2.05, 4.69) is 0 Å². The summed E-state index contributed by atoms with van der Waals surface area (Å²) in [5.41, 5.74) is 0.884. The molecule has 0 bridgehead atoms. The Kier molecular flexibility index (Phi) is 9.25. The van der Waals surface area contributed by atoms with Crippen LogP contribution in [-0.4, -0.2) is 22.4 Å². The average Bonchev–Trinajstić information content (AvgIpc) is 2.33. The standard InChI is InChI=1S/C12H16NO5P.Na/c1-11(14)13(8-5-9-19(15,16)17)18-10-12-6-3-2-4-7-12;/h2-7,9H,8,10H2,1H3,(H2,15,16,17);/q;+1/p-1/b9-5+;. The van der Waals surface area contributed by atoms with Crippen LogP contribution in [0.5, 0.6) is 0 Å². The summed E-state index contributed by atoms with van der Waals surface area (Å²) < 4.78 is 10.5. The molecule has 0 aliphatic carbocycles. The van der Waals surface area contributed by atoms with E-state index in [4.69, 9.17) is 9.73 Å². The first-order valence-electron chi connectivity index (χ1n) is 5.54. The molecule has 1 atom stereocenters. The number of hydrogen-bond donors (Lipinski definition) is 1. The van der Waals surface area contributed by atoms with Crippen LogP contribution in [0.4, 0.5) is 0 Å². The van der Waals surface area contributed by atoms with Gasteiger partial charge >= 0.3 is 29.6 Å². The Hall–Kier alpha value is -0.460. The molecule has 0 aromatic heterocycles. The molecular weight excluding hydrogens is 292 g/mol. The predicted molar refractivity (Wildman–Crippen MR) is 67.6 cm³/mol. The minimum Gasteiger partial charge on any atom is -0.776 e. The third-order valence-corrected chi connectivity index (χ3v) is 2.73. The van der Waals surface area contributed by atoms with Crippen molar-refractivity contribution >= 4 is 13.5 Å². The molecule has 1 aromatic carbocycles. The number of hydrogen-bond acceptors (Lipinski definition) is 4. The van der Waals surface area contributed by atoms with Gasteiger partial charge in [0.05, 0.1) is 6.54 Å². The molecule has 0 saturated heterocycles. The van der Waals surface area contributed by atoms with Gasteiger partial charge in [0.2, 0.25) is 5.91 Å². The SMILES string of the molecule is CC(=O)N(C/C=C/P(=O)([O-])O)OCc1ccccc1.[Na+]. The van der Waals surface area contributed by atoms with Gasteiger partial charge in [-0.3, -0.25) is 9.63 Å². The normalized spacial score (nSPS) is 13.6. The fraction of sp³-hybridized carbons (Fsp3) is 0.250. The van der Waals surface area contributed by atoms with Crippen molar-refractivity contribution in [2.75, 3.05) is 6.54 Å². The zero-order valence-corrected chi connectivity index (χ0v) is 14.3. The van der Waals surface area contributed by atoms with E-state index in [0.29, 0.717) is 5.82 Å². The fourth-order valence-corrected chi connectivity index (χ4v) is 1.64. The van der Waals surface area contributed by atoms with Crippen LogP contribution in [0.25, 0.3) is 0 Å². The van der Waals surface area contributed by atoms with Gasteiger partial charge in [0, 0.05) is 6.92 Å². The number of amides is 1. The van der Waals surface area contributed by atoms with Gasteiger partial charge < -0.3 is 14.4 Å². The maximum Gasteiger partial charge on any atom is 1.00 e. The molecule has 1 unspecified atom stereocenters. The summed E-state index contributed by atoms with van der Waals surface area (Å²) in [5, 5.41) is 1.01. The van der Waals surface area contributed by atoms with Crippen LogP contribution in [0.15, 0.2) is 42.2 Å². The first-order valence-corrected chi connectivity index (χ1v) is 7.19. The van der Waals surface area contributed by atoms with Crippen molar-refractivity contribution in [3.05, 3.63) is 47.8 Å². The molecule has 8 heteroatoms. The van der Waals surface area contributed by atoms with Gasteiger partial charge in [-0.2, -0.15) is 0 Å². The number of benzene rings is 1. The summed E-state index contributed by atoms with van der Waals surface area (Å²) in [6.45, 7) is 1.44. The summed E-state index contributed by atoms with van der Waals surface area (Å²) in [6.07, 6.45) is 1.14. The third-order valence-electron chi connectivity index (χ3n) is 2.15. The minimum absolute atomic E-state index is 0. The number of rotatable bonds is 6. The maximum absolute atomic E-state index is 11.3. The second-order valence-corrected chi connectivity index (χ2v) is 5.21. The van der Waals surface area contributed by atoms with E-state index in [1.165, 1.54) is 6.92 Å². The summed E-state index contributed by atoms with van der Waals surface area (Å²) in [6, 6.07) is 9.23. The largest absolute Gasteiger partial charge is 1.00 e. The number of carbonyl (C=O) groups is 1. The maximum atomic E-state index is 11.3. The molecular formula is C12H15NNaO5P. The van der Waals surface area contributed by atoms with Crippen LogP contribution < -0.4 is 34.5 Å². The second kappa shape index (κ2) is 9.47. The number of nitrogens with zero attached hydrogens (tertiary/aromatic N) is 1. The molecule has 0 aliphatic rings. The molecule has 0 saturated carbocycles. The van der Waals surface area contributed by atoms with Gasteiger partial charge in [-0.1, -0.05) is 36.4 Å². The Morgan fingerprint density at radius 2 is 2.05 bits per heavy atom. The fourth-order valence-electron chi connectivity index (χ4n) is 1.27. The van der Waals surface area contributed by atoms with Crippen molar-refractivity contribution in [2.45, 2.75) is 13.5 Å². The Morgan fingerprint density at radius 3 is 2.55 bits per heavy atom. The number of hydroxylamine groups is 2. The van der Waals surface area contributed by atoms with Gasteiger partial charge in [-0.25, -0.2) is 5.06 Å². The topological polar surface area (TPSA) is 89.9 Å². The summed E-state index contributed by atoms with van der Waals surface area (Å²) in [4.78, 5) is 35.6. The van der Waals surface area contributed by atoms with E-state index in [-0.39, 0.29) is 48.6 Å². The Bertz CT molecular complexity index is 488. The number of carbonyl (C=O) groups excluding carboxylic acids is 1. The summed E-state index contributed by atoms with van der Waals surface area (Å²) in [7, 11) is -4.45. The molecule has 1 amide bonds. The molecule has 104 valence electrons. The summed E-state index contributed by atoms with van der Waals surface area (Å²) in [5.74, 6) is 0.272. The van der Waals surface area contributed by atoms with Gasteiger partial charge in [0.15, 0.2) is 7.60 Å². The van der Waals surface area contributed by atoms with Crippen LogP contribution in [0.3, 0.4) is 0 Å². The van der Waals surface area contributed by atoms with Gasteiger partial charge in [-0.05, 0) is 11.4 Å². The van der Waals surface area contributed by atoms with Crippen molar-refractivity contribution in [2.24, 2.45) is 0 Å². The van der Waals surface area contributed by atoms with Crippen molar-refractivity contribution in [1.29, 1.82) is 0 Å². The Balaban J connectivity index is 0.00000361. The molecule has 0 heterocycles. The van der Waals surface area contributed by atoms with Crippen LogP contribution in [-0.2, 0) is 20.8 Å². The Labute approximate surface area is 139 Å². The summed E-state index contributed by atoms with van der Waals surface area (Å²) >= 11 is 0. The van der Waals surface area contributed by atoms with Gasteiger partial charge in [-0.15, -0.1) is 0 Å². The van der Waals surface area contributed by atoms with Crippen molar-refractivity contribution in [1.82, 2.24) is 5.06 Å². The van der Waals surface area contributed by atoms with Gasteiger partial charge in [0.1, 0.15) is 6.61 Å². The van der Waals surface area contributed by atoms with Gasteiger partial charge in [0.25, 0.3) is 0 Å². The zero-order chi connectivity index (χ0) is 14.3. The van der Waals surface area contributed by atoms with E-state index < -0.39 is 7.60 Å². The average molecular weight is 307 g/mol. The Morgan fingerprint density at radius 1 is 1.45 bits per heavy atom. The second-order valence-electron chi connectivity index (χ2n) is 3.79. The molecule has 20 heavy (non-hydrogen) atoms. The smallest absolute Gasteiger partial charge is 0.776 e. The molecule has 1 rings (SSSR count). The quantitative estimate of drug-likeness (QED) is 0.374. The monoisotopic (exact) mass is 307 g/mol. The van der Waals surface area contributed by atoms with E-state index in [0.717, 1.165) is 16.7 Å². The van der Waals surface area contributed by atoms with Crippen molar-refractivity contribution in [3.63, 3.8) is 0 Å². The van der Waals surface area contributed by atoms with Crippen LogP contribution in [0.1, 0.15) is 12.5 Å². The first-order chi connectivity index (χ1) is 8.88. The van der Waals surface area contributed by atoms with Crippen LogP contribution in [0, 0.1) is 0 Å². The third kappa shape index (κ3) is 8.66. The molecule has 0 aliphatic heterocycles. The molecule has 0 spiro atoms.